The van der Waals surface area contributed by atoms with Crippen LogP contribution in [0.5, 0.6) is 0 Å². The minimum atomic E-state index is -0.0482. The average Bonchev–Trinajstić information content (AvgIpc) is 2.33. The summed E-state index contributed by atoms with van der Waals surface area (Å²) in [4.78, 5) is 14.0. The molecule has 2 heterocycles. The Hall–Kier alpha value is -1.16. The second-order valence-electron chi connectivity index (χ2n) is 4.74. The van der Waals surface area contributed by atoms with Crippen LogP contribution in [-0.2, 0) is 0 Å². The molecule has 2 unspecified atom stereocenters. The first kappa shape index (κ1) is 12.3. The van der Waals surface area contributed by atoms with Gasteiger partial charge in [-0.15, -0.1) is 10.2 Å². The molecule has 1 aliphatic heterocycles. The number of amides is 1. The van der Waals surface area contributed by atoms with Gasteiger partial charge >= 0.3 is 0 Å². The lowest BCUT2D eigenvalue weighted by Crippen LogP contribution is -2.42. The van der Waals surface area contributed by atoms with E-state index in [1.807, 2.05) is 4.90 Å². The van der Waals surface area contributed by atoms with Crippen molar-refractivity contribution in [3.05, 3.63) is 23.0 Å². The molecule has 0 aromatic carbocycles. The Kier molecular flexibility index (Phi) is 3.62. The van der Waals surface area contributed by atoms with Gasteiger partial charge in [-0.2, -0.15) is 0 Å². The molecule has 0 N–H and O–H groups in total. The van der Waals surface area contributed by atoms with Crippen LogP contribution < -0.4 is 0 Å². The normalized spacial score (nSPS) is 24.8. The molecule has 0 bridgehead atoms. The quantitative estimate of drug-likeness (QED) is 0.771. The molecular formula is C12H16ClN3O. The first-order chi connectivity index (χ1) is 8.08. The fraction of sp³-hybridized carbons (Fsp3) is 0.583. The van der Waals surface area contributed by atoms with Gasteiger partial charge in [0.05, 0.1) is 0 Å². The Morgan fingerprint density at radius 1 is 1.35 bits per heavy atom. The highest BCUT2D eigenvalue weighted by Gasteiger charge is 2.27. The van der Waals surface area contributed by atoms with Crippen LogP contribution in [0.3, 0.4) is 0 Å². The molecule has 1 saturated heterocycles. The summed E-state index contributed by atoms with van der Waals surface area (Å²) in [5, 5.41) is 7.83. The molecule has 17 heavy (non-hydrogen) atoms. The van der Waals surface area contributed by atoms with E-state index < -0.39 is 0 Å². The second-order valence-corrected chi connectivity index (χ2v) is 5.12. The standard InChI is InChI=1S/C12H16ClN3O/c1-8-5-6-16(7-9(8)2)12(17)10-3-4-11(13)15-14-10/h3-4,8-9H,5-7H2,1-2H3. The van der Waals surface area contributed by atoms with E-state index >= 15 is 0 Å². The Bertz CT molecular complexity index is 407. The third-order valence-electron chi connectivity index (χ3n) is 3.47. The van der Waals surface area contributed by atoms with Gasteiger partial charge in [0.15, 0.2) is 10.8 Å². The van der Waals surface area contributed by atoms with Crippen LogP contribution in [0.1, 0.15) is 30.8 Å². The first-order valence-corrected chi connectivity index (χ1v) is 6.24. The molecule has 0 radical (unpaired) electrons. The Morgan fingerprint density at radius 2 is 2.12 bits per heavy atom. The van der Waals surface area contributed by atoms with Gasteiger partial charge in [-0.1, -0.05) is 25.4 Å². The van der Waals surface area contributed by atoms with Crippen molar-refractivity contribution in [2.45, 2.75) is 20.3 Å². The molecule has 1 aliphatic rings. The van der Waals surface area contributed by atoms with Crippen molar-refractivity contribution in [1.82, 2.24) is 15.1 Å². The molecular weight excluding hydrogens is 238 g/mol. The Labute approximate surface area is 106 Å². The molecule has 5 heteroatoms. The average molecular weight is 254 g/mol. The van der Waals surface area contributed by atoms with E-state index in [2.05, 4.69) is 24.0 Å². The lowest BCUT2D eigenvalue weighted by Gasteiger charge is -2.34. The predicted molar refractivity (Wildman–Crippen MR) is 65.9 cm³/mol. The molecule has 0 saturated carbocycles. The van der Waals surface area contributed by atoms with E-state index in [9.17, 15) is 4.79 Å². The number of halogens is 1. The van der Waals surface area contributed by atoms with Gasteiger partial charge in [0.2, 0.25) is 0 Å². The number of nitrogens with zero attached hydrogens (tertiary/aromatic N) is 3. The van der Waals surface area contributed by atoms with E-state index in [-0.39, 0.29) is 5.91 Å². The topological polar surface area (TPSA) is 46.1 Å². The molecule has 92 valence electrons. The highest BCUT2D eigenvalue weighted by molar-refractivity contribution is 6.29. The fourth-order valence-electron chi connectivity index (χ4n) is 2.04. The zero-order chi connectivity index (χ0) is 12.4. The van der Waals surface area contributed by atoms with Crippen molar-refractivity contribution >= 4 is 17.5 Å². The third-order valence-corrected chi connectivity index (χ3v) is 3.67. The number of hydrogen-bond donors (Lipinski definition) is 0. The summed E-state index contributed by atoms with van der Waals surface area (Å²) in [6.45, 7) is 6.01. The summed E-state index contributed by atoms with van der Waals surface area (Å²) in [7, 11) is 0. The van der Waals surface area contributed by atoms with Gasteiger partial charge in [0.25, 0.3) is 5.91 Å². The molecule has 2 rings (SSSR count). The molecule has 1 aromatic rings. The SMILES string of the molecule is CC1CCN(C(=O)c2ccc(Cl)nn2)CC1C. The zero-order valence-corrected chi connectivity index (χ0v) is 10.8. The van der Waals surface area contributed by atoms with Crippen molar-refractivity contribution in [3.63, 3.8) is 0 Å². The Morgan fingerprint density at radius 3 is 2.71 bits per heavy atom. The molecule has 0 spiro atoms. The summed E-state index contributed by atoms with van der Waals surface area (Å²) in [6, 6.07) is 3.22. The van der Waals surface area contributed by atoms with Gasteiger partial charge in [0, 0.05) is 13.1 Å². The third kappa shape index (κ3) is 2.75. The van der Waals surface area contributed by atoms with E-state index in [4.69, 9.17) is 11.6 Å². The van der Waals surface area contributed by atoms with Crippen LogP contribution in [0.25, 0.3) is 0 Å². The summed E-state index contributed by atoms with van der Waals surface area (Å²) >= 11 is 5.65. The molecule has 2 atom stereocenters. The summed E-state index contributed by atoms with van der Waals surface area (Å²) in [5.74, 6) is 1.16. The zero-order valence-electron chi connectivity index (χ0n) is 10.1. The van der Waals surface area contributed by atoms with Crippen LogP contribution in [0.2, 0.25) is 5.15 Å². The number of carbonyl (C=O) groups is 1. The van der Waals surface area contributed by atoms with Crippen LogP contribution in [0.4, 0.5) is 0 Å². The predicted octanol–water partition coefficient (Wildman–Crippen LogP) is 2.25. The van der Waals surface area contributed by atoms with Crippen molar-refractivity contribution in [2.24, 2.45) is 11.8 Å². The van der Waals surface area contributed by atoms with E-state index in [0.29, 0.717) is 22.7 Å². The van der Waals surface area contributed by atoms with Crippen LogP contribution in [0.15, 0.2) is 12.1 Å². The highest BCUT2D eigenvalue weighted by atomic mass is 35.5. The molecule has 1 amide bonds. The second kappa shape index (κ2) is 5.00. The van der Waals surface area contributed by atoms with Crippen LogP contribution in [0, 0.1) is 11.8 Å². The number of carbonyl (C=O) groups excluding carboxylic acids is 1. The van der Waals surface area contributed by atoms with Crippen LogP contribution >= 0.6 is 11.6 Å². The van der Waals surface area contributed by atoms with Gasteiger partial charge < -0.3 is 4.90 Å². The van der Waals surface area contributed by atoms with Gasteiger partial charge in [-0.05, 0) is 30.4 Å². The number of likely N-dealkylation sites (tertiary alicyclic amines) is 1. The van der Waals surface area contributed by atoms with Crippen LogP contribution in [-0.4, -0.2) is 34.1 Å². The largest absolute Gasteiger partial charge is 0.337 e. The number of hydrogen-bond acceptors (Lipinski definition) is 3. The number of aromatic nitrogens is 2. The summed E-state index contributed by atoms with van der Waals surface area (Å²) in [5.41, 5.74) is 0.371. The maximum atomic E-state index is 12.1. The van der Waals surface area contributed by atoms with Gasteiger partial charge in [-0.3, -0.25) is 4.79 Å². The minimum absolute atomic E-state index is 0.0482. The first-order valence-electron chi connectivity index (χ1n) is 5.86. The monoisotopic (exact) mass is 253 g/mol. The van der Waals surface area contributed by atoms with Gasteiger partial charge in [0.1, 0.15) is 0 Å². The van der Waals surface area contributed by atoms with E-state index in [1.165, 1.54) is 0 Å². The maximum absolute atomic E-state index is 12.1. The van der Waals surface area contributed by atoms with Crippen molar-refractivity contribution in [3.8, 4) is 0 Å². The fourth-order valence-corrected chi connectivity index (χ4v) is 2.14. The van der Waals surface area contributed by atoms with Crippen molar-refractivity contribution < 1.29 is 4.79 Å². The summed E-state index contributed by atoms with van der Waals surface area (Å²) < 4.78 is 0. The van der Waals surface area contributed by atoms with Crippen molar-refractivity contribution in [2.75, 3.05) is 13.1 Å². The van der Waals surface area contributed by atoms with E-state index in [0.717, 1.165) is 19.5 Å². The molecule has 0 aliphatic carbocycles. The maximum Gasteiger partial charge on any atom is 0.274 e. The lowest BCUT2D eigenvalue weighted by molar-refractivity contribution is 0.0620. The lowest BCUT2D eigenvalue weighted by atomic mass is 9.88. The molecule has 4 nitrogen and oxygen atoms in total. The van der Waals surface area contributed by atoms with Gasteiger partial charge in [-0.25, -0.2) is 0 Å². The highest BCUT2D eigenvalue weighted by Crippen LogP contribution is 2.23. The smallest absolute Gasteiger partial charge is 0.274 e. The molecule has 1 fully saturated rings. The van der Waals surface area contributed by atoms with Crippen molar-refractivity contribution in [1.29, 1.82) is 0 Å². The number of rotatable bonds is 1. The minimum Gasteiger partial charge on any atom is -0.337 e. The number of piperidine rings is 1. The summed E-state index contributed by atoms with van der Waals surface area (Å²) in [6.07, 6.45) is 1.05. The molecule has 1 aromatic heterocycles. The van der Waals surface area contributed by atoms with E-state index in [1.54, 1.807) is 12.1 Å². The Balaban J connectivity index is 2.08.